The summed E-state index contributed by atoms with van der Waals surface area (Å²) in [4.78, 5) is 38.0. The van der Waals surface area contributed by atoms with E-state index in [1.807, 2.05) is 0 Å². The first-order chi connectivity index (χ1) is 19.5. The van der Waals surface area contributed by atoms with E-state index >= 15 is 0 Å². The number of methoxy groups -OCH3 is 2. The quantitative estimate of drug-likeness (QED) is 0.321. The number of hydrogen-bond acceptors (Lipinski definition) is 10. The van der Waals surface area contributed by atoms with Crippen LogP contribution in [0.15, 0.2) is 29.2 Å². The van der Waals surface area contributed by atoms with Crippen LogP contribution in [0.4, 0.5) is 5.95 Å². The van der Waals surface area contributed by atoms with Crippen molar-refractivity contribution in [2.24, 2.45) is 0 Å². The predicted octanol–water partition coefficient (Wildman–Crippen LogP) is 1.73. The Hall–Kier alpha value is -3.45. The van der Waals surface area contributed by atoms with Gasteiger partial charge in [-0.15, -0.1) is 0 Å². The van der Waals surface area contributed by atoms with Crippen molar-refractivity contribution >= 4 is 35.0 Å². The number of carbonyl (C=O) groups is 1. The highest BCUT2D eigenvalue weighted by Gasteiger charge is 2.26. The number of morpholine rings is 1. The fraction of sp³-hybridized carbons (Fsp3) is 0.481. The lowest BCUT2D eigenvalue weighted by molar-refractivity contribution is -0.131. The summed E-state index contributed by atoms with van der Waals surface area (Å²) >= 11 is 6.65. The van der Waals surface area contributed by atoms with Crippen LogP contribution in [-0.2, 0) is 20.8 Å². The minimum atomic E-state index is -0.283. The van der Waals surface area contributed by atoms with E-state index in [4.69, 9.17) is 35.5 Å². The number of pyridine rings is 1. The molecule has 12 nitrogen and oxygen atoms in total. The third-order valence-corrected chi connectivity index (χ3v) is 7.48. The molecule has 2 aliphatic rings. The van der Waals surface area contributed by atoms with Gasteiger partial charge in [-0.3, -0.25) is 19.1 Å². The van der Waals surface area contributed by atoms with E-state index in [2.05, 4.69) is 15.2 Å². The highest BCUT2D eigenvalue weighted by molar-refractivity contribution is 6.35. The summed E-state index contributed by atoms with van der Waals surface area (Å²) < 4.78 is 23.7. The van der Waals surface area contributed by atoms with E-state index in [1.54, 1.807) is 33.9 Å². The molecule has 0 aliphatic carbocycles. The summed E-state index contributed by atoms with van der Waals surface area (Å²) in [6.07, 6.45) is 2.44. The van der Waals surface area contributed by atoms with E-state index in [-0.39, 0.29) is 24.8 Å². The van der Waals surface area contributed by atoms with Gasteiger partial charge in [-0.05, 0) is 12.1 Å². The molecular weight excluding hydrogens is 540 g/mol. The Morgan fingerprint density at radius 3 is 2.65 bits per heavy atom. The Bertz CT molecular complexity index is 1410. The summed E-state index contributed by atoms with van der Waals surface area (Å²) in [6.45, 7) is 6.36. The van der Waals surface area contributed by atoms with Gasteiger partial charge in [-0.1, -0.05) is 11.6 Å². The molecule has 40 heavy (non-hydrogen) atoms. The maximum atomic E-state index is 13.9. The fourth-order valence-corrected chi connectivity index (χ4v) is 5.09. The molecule has 214 valence electrons. The van der Waals surface area contributed by atoms with Gasteiger partial charge in [0, 0.05) is 68.0 Å². The average Bonchev–Trinajstić information content (AvgIpc) is 2.96. The normalized spacial score (nSPS) is 16.1. The van der Waals surface area contributed by atoms with Crippen LogP contribution in [-0.4, -0.2) is 110 Å². The third kappa shape index (κ3) is 6.15. The van der Waals surface area contributed by atoms with Crippen LogP contribution in [0, 0.1) is 0 Å². The van der Waals surface area contributed by atoms with Gasteiger partial charge in [-0.2, -0.15) is 4.98 Å². The molecule has 1 aromatic carbocycles. The second-order valence-corrected chi connectivity index (χ2v) is 9.99. The van der Waals surface area contributed by atoms with Gasteiger partial charge in [0.05, 0.1) is 51.7 Å². The molecule has 4 heterocycles. The van der Waals surface area contributed by atoms with Gasteiger partial charge in [0.2, 0.25) is 12.4 Å². The first kappa shape index (κ1) is 28.1. The molecule has 13 heteroatoms. The molecule has 0 spiro atoms. The Balaban J connectivity index is 1.46. The summed E-state index contributed by atoms with van der Waals surface area (Å²) in [5.41, 5.74) is 1.04. The SMILES string of the molecule is COc1cc(OC)c(Cl)c(-c2cc3cnc(NCCN4CCOCC4)nc3n(CCOC3CN(C=O)C3)c2=O)c1. The number of carbonyl (C=O) groups excluding carboxylic acids is 1. The van der Waals surface area contributed by atoms with E-state index in [0.29, 0.717) is 64.3 Å². The van der Waals surface area contributed by atoms with Gasteiger partial charge in [-0.25, -0.2) is 4.98 Å². The second kappa shape index (κ2) is 12.8. The van der Waals surface area contributed by atoms with Gasteiger partial charge in [0.25, 0.3) is 5.56 Å². The van der Waals surface area contributed by atoms with Crippen molar-refractivity contribution in [3.05, 3.63) is 39.8 Å². The smallest absolute Gasteiger partial charge is 0.260 e. The van der Waals surface area contributed by atoms with Crippen LogP contribution in [0.1, 0.15) is 0 Å². The van der Waals surface area contributed by atoms with Crippen molar-refractivity contribution in [3.63, 3.8) is 0 Å². The molecule has 0 saturated carbocycles. The molecule has 2 fully saturated rings. The molecule has 2 aliphatic heterocycles. The van der Waals surface area contributed by atoms with Crippen molar-refractivity contribution in [1.29, 1.82) is 0 Å². The number of nitrogens with zero attached hydrogens (tertiary/aromatic N) is 5. The molecule has 5 rings (SSSR count). The number of likely N-dealkylation sites (tertiary alicyclic amines) is 1. The maximum absolute atomic E-state index is 13.9. The zero-order valence-electron chi connectivity index (χ0n) is 22.6. The minimum Gasteiger partial charge on any atom is -0.497 e. The lowest BCUT2D eigenvalue weighted by Crippen LogP contribution is -2.51. The van der Waals surface area contributed by atoms with Crippen LogP contribution in [0.2, 0.25) is 5.02 Å². The zero-order valence-corrected chi connectivity index (χ0v) is 23.4. The van der Waals surface area contributed by atoms with Crippen LogP contribution < -0.4 is 20.3 Å². The molecule has 0 unspecified atom stereocenters. The van der Waals surface area contributed by atoms with Crippen molar-refractivity contribution in [2.75, 3.05) is 78.6 Å². The van der Waals surface area contributed by atoms with Gasteiger partial charge < -0.3 is 29.2 Å². The Morgan fingerprint density at radius 2 is 1.93 bits per heavy atom. The minimum absolute atomic E-state index is 0.0560. The Labute approximate surface area is 236 Å². The van der Waals surface area contributed by atoms with E-state index < -0.39 is 0 Å². The van der Waals surface area contributed by atoms with Gasteiger partial charge >= 0.3 is 0 Å². The number of anilines is 1. The van der Waals surface area contributed by atoms with Crippen LogP contribution in [0.3, 0.4) is 0 Å². The number of halogens is 1. The molecule has 2 aromatic heterocycles. The first-order valence-electron chi connectivity index (χ1n) is 13.2. The number of rotatable bonds is 12. The van der Waals surface area contributed by atoms with Crippen LogP contribution in [0.25, 0.3) is 22.2 Å². The van der Waals surface area contributed by atoms with E-state index in [1.165, 1.54) is 14.2 Å². The lowest BCUT2D eigenvalue weighted by atomic mass is 10.0. The maximum Gasteiger partial charge on any atom is 0.260 e. The van der Waals surface area contributed by atoms with Crippen LogP contribution in [0.5, 0.6) is 11.5 Å². The molecule has 3 aromatic rings. The van der Waals surface area contributed by atoms with Crippen molar-refractivity contribution in [3.8, 4) is 22.6 Å². The Morgan fingerprint density at radius 1 is 1.12 bits per heavy atom. The van der Waals surface area contributed by atoms with Crippen LogP contribution >= 0.6 is 11.6 Å². The number of fused-ring (bicyclic) bond motifs is 1. The zero-order chi connectivity index (χ0) is 28.1. The summed E-state index contributed by atoms with van der Waals surface area (Å²) in [5.74, 6) is 1.34. The second-order valence-electron chi connectivity index (χ2n) is 9.61. The number of aromatic nitrogens is 3. The average molecular weight is 573 g/mol. The predicted molar refractivity (Wildman–Crippen MR) is 150 cm³/mol. The standard InChI is InChI=1S/C27H33ClN6O6/c1-37-19-12-21(24(28)23(13-19)38-2)22-11-18-14-30-27(29-3-4-32-5-8-39-9-6-32)31-25(18)34(26(22)36)7-10-40-20-15-33(16-20)17-35/h11-14,17,20H,3-10,15-16H2,1-2H3,(H,29,30,31). The number of hydrogen-bond donors (Lipinski definition) is 1. The summed E-state index contributed by atoms with van der Waals surface area (Å²) in [6, 6.07) is 5.11. The molecule has 0 bridgehead atoms. The molecule has 0 atom stereocenters. The number of amides is 1. The number of ether oxygens (including phenoxy) is 4. The highest BCUT2D eigenvalue weighted by atomic mass is 35.5. The Kier molecular flexibility index (Phi) is 9.00. The highest BCUT2D eigenvalue weighted by Crippen LogP contribution is 2.38. The molecular formula is C27H33ClN6O6. The fourth-order valence-electron chi connectivity index (χ4n) is 4.80. The van der Waals surface area contributed by atoms with Gasteiger partial charge in [0.15, 0.2) is 0 Å². The molecule has 0 radical (unpaired) electrons. The summed E-state index contributed by atoms with van der Waals surface area (Å²) in [7, 11) is 3.05. The first-order valence-corrected chi connectivity index (χ1v) is 13.6. The summed E-state index contributed by atoms with van der Waals surface area (Å²) in [5, 5.41) is 4.24. The number of nitrogens with one attached hydrogen (secondary N) is 1. The molecule has 1 amide bonds. The van der Waals surface area contributed by atoms with Crippen molar-refractivity contribution in [1.82, 2.24) is 24.3 Å². The number of benzene rings is 1. The van der Waals surface area contributed by atoms with E-state index in [9.17, 15) is 9.59 Å². The van der Waals surface area contributed by atoms with Gasteiger partial charge in [0.1, 0.15) is 17.1 Å². The molecule has 1 N–H and O–H groups in total. The third-order valence-electron chi connectivity index (χ3n) is 7.09. The topological polar surface area (TPSA) is 120 Å². The largest absolute Gasteiger partial charge is 0.497 e. The monoisotopic (exact) mass is 572 g/mol. The molecule has 2 saturated heterocycles. The van der Waals surface area contributed by atoms with E-state index in [0.717, 1.165) is 39.3 Å². The lowest BCUT2D eigenvalue weighted by Gasteiger charge is -2.35. The van der Waals surface area contributed by atoms with Crippen molar-refractivity contribution < 1.29 is 23.7 Å². The van der Waals surface area contributed by atoms with Crippen molar-refractivity contribution in [2.45, 2.75) is 12.6 Å².